The molecule has 3 aromatic rings. The minimum Gasteiger partial charge on any atom is -0.361 e. The number of benzene rings is 1. The maximum absolute atomic E-state index is 5.46. The van der Waals surface area contributed by atoms with Crippen LogP contribution in [0.4, 0.5) is 0 Å². The van der Waals surface area contributed by atoms with Crippen molar-refractivity contribution in [3.63, 3.8) is 0 Å². The van der Waals surface area contributed by atoms with Gasteiger partial charge in [0.1, 0.15) is 5.76 Å². The standard InChI is InChI=1S/C21H28N6O/c1-4-18-17(20(5-2)28-26-18)14-25-21(23-6-3)24-13-16-9-7-8-10-19(16)27-12-11-22-15-27/h7-12,15H,4-6,13-14H2,1-3H3,(H2,23,24,25). The van der Waals surface area contributed by atoms with Crippen LogP contribution >= 0.6 is 0 Å². The Balaban J connectivity index is 1.75. The number of nitrogens with zero attached hydrogens (tertiary/aromatic N) is 4. The summed E-state index contributed by atoms with van der Waals surface area (Å²) in [5, 5.41) is 10.9. The van der Waals surface area contributed by atoms with Crippen molar-refractivity contribution in [2.45, 2.75) is 46.7 Å². The molecule has 0 aliphatic carbocycles. The number of aromatic nitrogens is 3. The summed E-state index contributed by atoms with van der Waals surface area (Å²) in [6.45, 7) is 8.23. The zero-order valence-electron chi connectivity index (χ0n) is 16.8. The van der Waals surface area contributed by atoms with Crippen molar-refractivity contribution in [1.29, 1.82) is 0 Å². The third kappa shape index (κ3) is 4.60. The van der Waals surface area contributed by atoms with E-state index in [-0.39, 0.29) is 0 Å². The molecule has 0 amide bonds. The van der Waals surface area contributed by atoms with Crippen molar-refractivity contribution >= 4 is 5.96 Å². The van der Waals surface area contributed by atoms with Gasteiger partial charge in [-0.15, -0.1) is 0 Å². The lowest BCUT2D eigenvalue weighted by Crippen LogP contribution is -2.37. The fourth-order valence-corrected chi connectivity index (χ4v) is 3.11. The molecule has 0 spiro atoms. The van der Waals surface area contributed by atoms with E-state index in [0.717, 1.165) is 53.6 Å². The summed E-state index contributed by atoms with van der Waals surface area (Å²) in [5.74, 6) is 1.71. The lowest BCUT2D eigenvalue weighted by atomic mass is 10.1. The molecule has 148 valence electrons. The Kier molecular flexibility index (Phi) is 6.84. The molecule has 0 fully saturated rings. The van der Waals surface area contributed by atoms with E-state index in [0.29, 0.717) is 13.1 Å². The number of nitrogens with one attached hydrogen (secondary N) is 2. The minimum atomic E-state index is 0.564. The molecule has 28 heavy (non-hydrogen) atoms. The summed E-state index contributed by atoms with van der Waals surface area (Å²) in [5.41, 5.74) is 4.35. The third-order valence-electron chi connectivity index (χ3n) is 4.57. The minimum absolute atomic E-state index is 0.564. The predicted molar refractivity (Wildman–Crippen MR) is 110 cm³/mol. The number of imidazole rings is 1. The molecule has 0 radical (unpaired) electrons. The SMILES string of the molecule is CCNC(=NCc1ccccc1-n1ccnc1)NCc1c(CC)noc1CC. The van der Waals surface area contributed by atoms with Crippen molar-refractivity contribution < 1.29 is 4.52 Å². The van der Waals surface area contributed by atoms with Crippen LogP contribution in [0.2, 0.25) is 0 Å². The van der Waals surface area contributed by atoms with Gasteiger partial charge < -0.3 is 19.7 Å². The maximum atomic E-state index is 5.46. The lowest BCUT2D eigenvalue weighted by molar-refractivity contribution is 0.380. The van der Waals surface area contributed by atoms with Gasteiger partial charge in [-0.1, -0.05) is 37.2 Å². The topological polar surface area (TPSA) is 80.3 Å². The molecule has 2 aromatic heterocycles. The molecular formula is C21H28N6O. The van der Waals surface area contributed by atoms with E-state index in [1.54, 1.807) is 12.5 Å². The fraction of sp³-hybridized carbons (Fsp3) is 0.381. The van der Waals surface area contributed by atoms with Crippen molar-refractivity contribution in [2.75, 3.05) is 6.54 Å². The highest BCUT2D eigenvalue weighted by Crippen LogP contribution is 2.16. The molecule has 3 rings (SSSR count). The van der Waals surface area contributed by atoms with Gasteiger partial charge in [-0.3, -0.25) is 0 Å². The number of aliphatic imine (C=N–C) groups is 1. The fourth-order valence-electron chi connectivity index (χ4n) is 3.11. The van der Waals surface area contributed by atoms with Gasteiger partial charge in [-0.2, -0.15) is 0 Å². The number of rotatable bonds is 8. The van der Waals surface area contributed by atoms with Gasteiger partial charge in [-0.05, 0) is 25.0 Å². The molecule has 2 N–H and O–H groups in total. The van der Waals surface area contributed by atoms with Gasteiger partial charge in [0.05, 0.1) is 24.3 Å². The van der Waals surface area contributed by atoms with E-state index in [1.807, 2.05) is 22.9 Å². The molecule has 0 bridgehead atoms. The predicted octanol–water partition coefficient (Wildman–Crippen LogP) is 3.24. The van der Waals surface area contributed by atoms with E-state index >= 15 is 0 Å². The van der Waals surface area contributed by atoms with Crippen LogP contribution in [0.5, 0.6) is 0 Å². The average molecular weight is 380 g/mol. The second-order valence-corrected chi connectivity index (χ2v) is 6.39. The van der Waals surface area contributed by atoms with Gasteiger partial charge in [-0.25, -0.2) is 9.98 Å². The Hall–Kier alpha value is -3.09. The maximum Gasteiger partial charge on any atom is 0.191 e. The normalized spacial score (nSPS) is 11.6. The first kappa shape index (κ1) is 19.7. The van der Waals surface area contributed by atoms with Crippen LogP contribution in [0.25, 0.3) is 5.69 Å². The number of hydrogen-bond donors (Lipinski definition) is 2. The second kappa shape index (κ2) is 9.73. The summed E-state index contributed by atoms with van der Waals surface area (Å²) in [6, 6.07) is 8.22. The first-order chi connectivity index (χ1) is 13.8. The van der Waals surface area contributed by atoms with E-state index in [9.17, 15) is 0 Å². The van der Waals surface area contributed by atoms with Gasteiger partial charge in [0.15, 0.2) is 5.96 Å². The Bertz CT molecular complexity index is 876. The number of hydrogen-bond acceptors (Lipinski definition) is 4. The molecule has 0 aliphatic heterocycles. The Morgan fingerprint density at radius 1 is 1.14 bits per heavy atom. The van der Waals surface area contributed by atoms with Crippen LogP contribution in [-0.2, 0) is 25.9 Å². The third-order valence-corrected chi connectivity index (χ3v) is 4.57. The molecule has 7 heteroatoms. The molecule has 0 saturated carbocycles. The van der Waals surface area contributed by atoms with Crippen LogP contribution in [0.15, 0.2) is 52.5 Å². The number of guanidine groups is 1. The number of aryl methyl sites for hydroxylation is 2. The smallest absolute Gasteiger partial charge is 0.191 e. The molecule has 0 saturated heterocycles. The summed E-state index contributed by atoms with van der Waals surface area (Å²) in [6.07, 6.45) is 7.20. The van der Waals surface area contributed by atoms with Crippen molar-refractivity contribution in [1.82, 2.24) is 25.3 Å². The monoisotopic (exact) mass is 380 g/mol. The Labute approximate surface area is 165 Å². The molecule has 2 heterocycles. The summed E-state index contributed by atoms with van der Waals surface area (Å²) < 4.78 is 7.46. The highest BCUT2D eigenvalue weighted by Gasteiger charge is 2.13. The van der Waals surface area contributed by atoms with Gasteiger partial charge in [0.25, 0.3) is 0 Å². The van der Waals surface area contributed by atoms with Crippen LogP contribution in [0, 0.1) is 0 Å². The van der Waals surface area contributed by atoms with Crippen LogP contribution in [-0.4, -0.2) is 27.2 Å². The van der Waals surface area contributed by atoms with Crippen LogP contribution in [0.3, 0.4) is 0 Å². The van der Waals surface area contributed by atoms with Gasteiger partial charge >= 0.3 is 0 Å². The van der Waals surface area contributed by atoms with Crippen LogP contribution in [0.1, 0.15) is 43.4 Å². The van der Waals surface area contributed by atoms with Gasteiger partial charge in [0, 0.05) is 37.5 Å². The summed E-state index contributed by atoms with van der Waals surface area (Å²) in [7, 11) is 0. The molecule has 0 aliphatic rings. The van der Waals surface area contributed by atoms with E-state index in [2.05, 4.69) is 53.7 Å². The highest BCUT2D eigenvalue weighted by molar-refractivity contribution is 5.79. The first-order valence-electron chi connectivity index (χ1n) is 9.81. The second-order valence-electron chi connectivity index (χ2n) is 6.39. The zero-order valence-corrected chi connectivity index (χ0v) is 16.8. The van der Waals surface area contributed by atoms with E-state index < -0.39 is 0 Å². The van der Waals surface area contributed by atoms with Crippen molar-refractivity contribution in [3.8, 4) is 5.69 Å². The first-order valence-corrected chi connectivity index (χ1v) is 9.81. The summed E-state index contributed by atoms with van der Waals surface area (Å²) >= 11 is 0. The zero-order chi connectivity index (χ0) is 19.8. The van der Waals surface area contributed by atoms with E-state index in [4.69, 9.17) is 9.52 Å². The lowest BCUT2D eigenvalue weighted by Gasteiger charge is -2.13. The molecule has 7 nitrogen and oxygen atoms in total. The quantitative estimate of drug-likeness (QED) is 0.463. The van der Waals surface area contributed by atoms with Crippen molar-refractivity contribution in [3.05, 3.63) is 65.6 Å². The highest BCUT2D eigenvalue weighted by atomic mass is 16.5. The largest absolute Gasteiger partial charge is 0.361 e. The van der Waals surface area contributed by atoms with Gasteiger partial charge in [0.2, 0.25) is 0 Å². The molecule has 0 unspecified atom stereocenters. The van der Waals surface area contributed by atoms with Crippen LogP contribution < -0.4 is 10.6 Å². The average Bonchev–Trinajstić information content (AvgIpc) is 3.39. The Morgan fingerprint density at radius 3 is 2.71 bits per heavy atom. The molecule has 1 aromatic carbocycles. The Morgan fingerprint density at radius 2 is 2.00 bits per heavy atom. The van der Waals surface area contributed by atoms with Crippen molar-refractivity contribution in [2.24, 2.45) is 4.99 Å². The number of para-hydroxylation sites is 1. The summed E-state index contributed by atoms with van der Waals surface area (Å²) in [4.78, 5) is 8.92. The molecular weight excluding hydrogens is 352 g/mol. The van der Waals surface area contributed by atoms with E-state index in [1.165, 1.54) is 0 Å². The molecule has 0 atom stereocenters.